The first-order chi connectivity index (χ1) is 11.1. The Labute approximate surface area is 137 Å². The third kappa shape index (κ3) is 3.74. The Kier molecular flexibility index (Phi) is 4.68. The molecule has 1 aliphatic carbocycles. The van der Waals surface area contributed by atoms with Gasteiger partial charge in [-0.25, -0.2) is 13.1 Å². The molecule has 122 valence electrons. The fourth-order valence-corrected chi connectivity index (χ4v) is 3.95. The van der Waals surface area contributed by atoms with Gasteiger partial charge in [-0.1, -0.05) is 18.2 Å². The third-order valence-electron chi connectivity index (χ3n) is 4.26. The Balaban J connectivity index is 1.73. The Morgan fingerprint density at radius 2 is 1.70 bits per heavy atom. The van der Waals surface area contributed by atoms with E-state index in [0.29, 0.717) is 4.90 Å². The van der Waals surface area contributed by atoms with Crippen LogP contribution in [0.3, 0.4) is 0 Å². The van der Waals surface area contributed by atoms with Gasteiger partial charge in [0.25, 0.3) is 0 Å². The number of methoxy groups -OCH3 is 1. The van der Waals surface area contributed by atoms with E-state index in [1.165, 1.54) is 17.5 Å². The minimum absolute atomic E-state index is 0.267. The molecule has 0 aromatic heterocycles. The molecule has 0 saturated heterocycles. The molecule has 0 heterocycles. The number of nitrogens with one attached hydrogen (secondary N) is 1. The Morgan fingerprint density at radius 1 is 1.00 bits per heavy atom. The van der Waals surface area contributed by atoms with Crippen LogP contribution < -0.4 is 9.46 Å². The molecule has 3 rings (SSSR count). The number of rotatable bonds is 5. The highest BCUT2D eigenvalue weighted by atomic mass is 32.2. The normalized spacial score (nSPS) is 14.3. The van der Waals surface area contributed by atoms with Gasteiger partial charge in [0.2, 0.25) is 10.0 Å². The zero-order valence-corrected chi connectivity index (χ0v) is 14.0. The van der Waals surface area contributed by atoms with Crippen molar-refractivity contribution in [2.45, 2.75) is 37.1 Å². The van der Waals surface area contributed by atoms with Gasteiger partial charge >= 0.3 is 0 Å². The molecule has 0 atom stereocenters. The first-order valence-electron chi connectivity index (χ1n) is 7.83. The fourth-order valence-electron chi connectivity index (χ4n) is 2.88. The van der Waals surface area contributed by atoms with Gasteiger partial charge in [0.05, 0.1) is 12.0 Å². The molecule has 0 aliphatic heterocycles. The number of fused-ring (bicyclic) bond motifs is 1. The summed E-state index contributed by atoms with van der Waals surface area (Å²) in [5.74, 6) is 0.756. The van der Waals surface area contributed by atoms with Crippen molar-refractivity contribution in [3.05, 3.63) is 59.2 Å². The smallest absolute Gasteiger partial charge is 0.240 e. The van der Waals surface area contributed by atoms with Crippen molar-refractivity contribution in [3.8, 4) is 5.75 Å². The highest BCUT2D eigenvalue weighted by Crippen LogP contribution is 2.24. The summed E-state index contributed by atoms with van der Waals surface area (Å²) in [4.78, 5) is 0.353. The lowest BCUT2D eigenvalue weighted by atomic mass is 9.92. The van der Waals surface area contributed by atoms with Crippen molar-refractivity contribution in [2.75, 3.05) is 7.11 Å². The van der Waals surface area contributed by atoms with Crippen LogP contribution in [0.2, 0.25) is 0 Å². The van der Waals surface area contributed by atoms with Crippen LogP contribution in [0.15, 0.2) is 47.4 Å². The van der Waals surface area contributed by atoms with Crippen LogP contribution in [0.25, 0.3) is 0 Å². The van der Waals surface area contributed by atoms with Crippen LogP contribution in [0.1, 0.15) is 29.5 Å². The SMILES string of the molecule is COc1ccc(CNS(=O)(=O)c2ccc3c(c2)CCCC3)cc1. The predicted molar refractivity (Wildman–Crippen MR) is 90.1 cm³/mol. The van der Waals surface area contributed by atoms with Crippen molar-refractivity contribution in [1.29, 1.82) is 0 Å². The fraction of sp³-hybridized carbons (Fsp3) is 0.333. The molecule has 2 aromatic carbocycles. The zero-order valence-electron chi connectivity index (χ0n) is 13.2. The van der Waals surface area contributed by atoms with Crippen molar-refractivity contribution in [3.63, 3.8) is 0 Å². The molecule has 0 radical (unpaired) electrons. The number of hydrogen-bond acceptors (Lipinski definition) is 3. The van der Waals surface area contributed by atoms with Gasteiger partial charge < -0.3 is 4.74 Å². The Bertz CT molecular complexity index is 782. The largest absolute Gasteiger partial charge is 0.497 e. The molecule has 5 heteroatoms. The highest BCUT2D eigenvalue weighted by Gasteiger charge is 2.17. The predicted octanol–water partition coefficient (Wildman–Crippen LogP) is 3.05. The van der Waals surface area contributed by atoms with E-state index in [2.05, 4.69) is 4.72 Å². The summed E-state index contributed by atoms with van der Waals surface area (Å²) in [6, 6.07) is 12.8. The average molecular weight is 331 g/mol. The van der Waals surface area contributed by atoms with Crippen LogP contribution in [0.4, 0.5) is 0 Å². The Morgan fingerprint density at radius 3 is 2.39 bits per heavy atom. The van der Waals surface area contributed by atoms with E-state index >= 15 is 0 Å². The van der Waals surface area contributed by atoms with Gasteiger partial charge in [-0.3, -0.25) is 0 Å². The van der Waals surface area contributed by atoms with Gasteiger partial charge in [0.1, 0.15) is 5.75 Å². The maximum atomic E-state index is 12.5. The lowest BCUT2D eigenvalue weighted by Crippen LogP contribution is -2.23. The Hall–Kier alpha value is -1.85. The summed E-state index contributed by atoms with van der Waals surface area (Å²) in [5, 5.41) is 0. The minimum atomic E-state index is -3.49. The first kappa shape index (κ1) is 16.0. The quantitative estimate of drug-likeness (QED) is 0.916. The van der Waals surface area contributed by atoms with Crippen LogP contribution in [-0.2, 0) is 29.4 Å². The highest BCUT2D eigenvalue weighted by molar-refractivity contribution is 7.89. The molecule has 0 amide bonds. The summed E-state index contributed by atoms with van der Waals surface area (Å²) in [6.07, 6.45) is 4.34. The summed E-state index contributed by atoms with van der Waals surface area (Å²) in [5.41, 5.74) is 3.35. The number of aryl methyl sites for hydroxylation is 2. The van der Waals surface area contributed by atoms with E-state index in [0.717, 1.165) is 30.6 Å². The molecule has 23 heavy (non-hydrogen) atoms. The maximum absolute atomic E-state index is 12.5. The van der Waals surface area contributed by atoms with E-state index in [9.17, 15) is 8.42 Å². The lowest BCUT2D eigenvalue weighted by molar-refractivity contribution is 0.414. The number of sulfonamides is 1. The molecule has 2 aromatic rings. The van der Waals surface area contributed by atoms with E-state index in [-0.39, 0.29) is 6.54 Å². The molecule has 0 unspecified atom stereocenters. The summed E-state index contributed by atoms with van der Waals surface area (Å²) >= 11 is 0. The van der Waals surface area contributed by atoms with Crippen molar-refractivity contribution in [2.24, 2.45) is 0 Å². The average Bonchev–Trinajstić information content (AvgIpc) is 2.60. The van der Waals surface area contributed by atoms with Gasteiger partial charge in [0.15, 0.2) is 0 Å². The monoisotopic (exact) mass is 331 g/mol. The minimum Gasteiger partial charge on any atom is -0.497 e. The van der Waals surface area contributed by atoms with Crippen molar-refractivity contribution >= 4 is 10.0 Å². The molecular weight excluding hydrogens is 310 g/mol. The first-order valence-corrected chi connectivity index (χ1v) is 9.31. The van der Waals surface area contributed by atoms with Crippen LogP contribution in [-0.4, -0.2) is 15.5 Å². The van der Waals surface area contributed by atoms with Gasteiger partial charge in [-0.05, 0) is 66.6 Å². The number of hydrogen-bond donors (Lipinski definition) is 1. The number of ether oxygens (including phenoxy) is 1. The number of benzene rings is 2. The van der Waals surface area contributed by atoms with E-state index < -0.39 is 10.0 Å². The summed E-state index contributed by atoms with van der Waals surface area (Å²) < 4.78 is 32.7. The second-order valence-corrected chi connectivity index (χ2v) is 7.58. The summed E-state index contributed by atoms with van der Waals surface area (Å²) in [6.45, 7) is 0.267. The topological polar surface area (TPSA) is 55.4 Å². The van der Waals surface area contributed by atoms with Gasteiger partial charge in [-0.2, -0.15) is 0 Å². The van der Waals surface area contributed by atoms with Crippen LogP contribution >= 0.6 is 0 Å². The standard InChI is InChI=1S/C18H21NO3S/c1-22-17-9-6-14(7-10-17)13-19-23(20,21)18-11-8-15-4-2-3-5-16(15)12-18/h6-12,19H,2-5,13H2,1H3. The second-order valence-electron chi connectivity index (χ2n) is 5.81. The lowest BCUT2D eigenvalue weighted by Gasteiger charge is -2.16. The van der Waals surface area contributed by atoms with E-state index in [4.69, 9.17) is 4.74 Å². The summed E-state index contributed by atoms with van der Waals surface area (Å²) in [7, 11) is -1.88. The molecule has 4 nitrogen and oxygen atoms in total. The maximum Gasteiger partial charge on any atom is 0.240 e. The second kappa shape index (κ2) is 6.72. The molecular formula is C18H21NO3S. The molecule has 0 saturated carbocycles. The van der Waals surface area contributed by atoms with E-state index in [1.54, 1.807) is 13.2 Å². The molecule has 0 bridgehead atoms. The van der Waals surface area contributed by atoms with Crippen molar-refractivity contribution in [1.82, 2.24) is 4.72 Å². The van der Waals surface area contributed by atoms with Crippen LogP contribution in [0.5, 0.6) is 5.75 Å². The molecule has 0 fully saturated rings. The molecule has 0 spiro atoms. The van der Waals surface area contributed by atoms with Crippen LogP contribution in [0, 0.1) is 0 Å². The zero-order chi connectivity index (χ0) is 16.3. The van der Waals surface area contributed by atoms with E-state index in [1.807, 2.05) is 36.4 Å². The van der Waals surface area contributed by atoms with Gasteiger partial charge in [0, 0.05) is 6.54 Å². The molecule has 1 N–H and O–H groups in total. The van der Waals surface area contributed by atoms with Crippen molar-refractivity contribution < 1.29 is 13.2 Å². The molecule has 1 aliphatic rings. The van der Waals surface area contributed by atoms with Gasteiger partial charge in [-0.15, -0.1) is 0 Å². The third-order valence-corrected chi connectivity index (χ3v) is 5.65.